The molecular formula is C16H11F3N2O4S. The Morgan fingerprint density at radius 3 is 2.50 bits per heavy atom. The molecule has 1 aliphatic carbocycles. The predicted molar refractivity (Wildman–Crippen MR) is 84.3 cm³/mol. The Balaban J connectivity index is 2.17. The van der Waals surface area contributed by atoms with Gasteiger partial charge in [0, 0.05) is 17.2 Å². The van der Waals surface area contributed by atoms with Crippen molar-refractivity contribution in [1.82, 2.24) is 0 Å². The van der Waals surface area contributed by atoms with E-state index in [-0.39, 0.29) is 17.2 Å². The molecule has 10 heteroatoms. The molecule has 3 rings (SSSR count). The molecule has 0 amide bonds. The van der Waals surface area contributed by atoms with Gasteiger partial charge in [-0.1, -0.05) is 0 Å². The van der Waals surface area contributed by atoms with Gasteiger partial charge in [0.2, 0.25) is 10.0 Å². The molecule has 0 unspecified atom stereocenters. The fourth-order valence-electron chi connectivity index (χ4n) is 2.80. The van der Waals surface area contributed by atoms with Crippen LogP contribution in [0.25, 0.3) is 4.85 Å². The number of fused-ring (bicyclic) bond motifs is 1. The molecule has 0 radical (unpaired) electrons. The summed E-state index contributed by atoms with van der Waals surface area (Å²) in [7, 11) is -4.36. The molecule has 1 aliphatic rings. The number of halogens is 3. The highest BCUT2D eigenvalue weighted by atomic mass is 32.2. The highest BCUT2D eigenvalue weighted by molar-refractivity contribution is 7.89. The summed E-state index contributed by atoms with van der Waals surface area (Å²) in [5.74, 6) is -1.28. The van der Waals surface area contributed by atoms with E-state index in [9.17, 15) is 26.7 Å². The number of nitrogens with two attached hydrogens (primary N) is 1. The van der Waals surface area contributed by atoms with Crippen LogP contribution in [0.3, 0.4) is 0 Å². The van der Waals surface area contributed by atoms with Gasteiger partial charge in [-0.25, -0.2) is 31.6 Å². The van der Waals surface area contributed by atoms with Crippen LogP contribution in [0, 0.1) is 12.4 Å². The van der Waals surface area contributed by atoms with E-state index in [0.29, 0.717) is 0 Å². The Hall–Kier alpha value is -2.61. The van der Waals surface area contributed by atoms with Gasteiger partial charge in [-0.3, -0.25) is 0 Å². The second-order valence-electron chi connectivity index (χ2n) is 5.58. The summed E-state index contributed by atoms with van der Waals surface area (Å²) in [5.41, 5.74) is -1.14. The molecule has 6 nitrogen and oxygen atoms in total. The maximum Gasteiger partial charge on any atom is 0.238 e. The fourth-order valence-corrected chi connectivity index (χ4v) is 3.59. The Labute approximate surface area is 146 Å². The normalized spacial score (nSPS) is 21.9. The summed E-state index contributed by atoms with van der Waals surface area (Å²) in [6, 6.07) is 5.00. The molecule has 0 fully saturated rings. The zero-order valence-corrected chi connectivity index (χ0v) is 13.7. The van der Waals surface area contributed by atoms with E-state index < -0.39 is 50.3 Å². The van der Waals surface area contributed by atoms with Crippen LogP contribution in [0.15, 0.2) is 35.2 Å². The largest absolute Gasteiger partial charge is 0.458 e. The summed E-state index contributed by atoms with van der Waals surface area (Å²) in [6.07, 6.45) is -6.84. The number of primary sulfonamides is 1. The topological polar surface area (TPSA) is 94.0 Å². The molecule has 2 aromatic rings. The van der Waals surface area contributed by atoms with Crippen LogP contribution in [-0.4, -0.2) is 19.7 Å². The van der Waals surface area contributed by atoms with E-state index >= 15 is 0 Å². The first-order chi connectivity index (χ1) is 12.1. The lowest BCUT2D eigenvalue weighted by atomic mass is 10.1. The molecule has 0 spiro atoms. The highest BCUT2D eigenvalue weighted by Crippen LogP contribution is 2.50. The van der Waals surface area contributed by atoms with Crippen LogP contribution in [0.4, 0.5) is 18.9 Å². The molecule has 0 saturated carbocycles. The number of ether oxygens (including phenoxy) is 1. The third kappa shape index (κ3) is 3.01. The van der Waals surface area contributed by atoms with E-state index in [1.807, 2.05) is 0 Å². The minimum absolute atomic E-state index is 0.0852. The Bertz CT molecular complexity index is 1040. The van der Waals surface area contributed by atoms with Gasteiger partial charge in [0.05, 0.1) is 11.5 Å². The van der Waals surface area contributed by atoms with E-state index in [0.717, 1.165) is 24.3 Å². The van der Waals surface area contributed by atoms with Gasteiger partial charge in [-0.2, -0.15) is 0 Å². The van der Waals surface area contributed by atoms with Crippen LogP contribution in [0.2, 0.25) is 0 Å². The van der Waals surface area contributed by atoms with Crippen molar-refractivity contribution < 1.29 is 31.4 Å². The average molecular weight is 384 g/mol. The van der Waals surface area contributed by atoms with E-state index in [2.05, 4.69) is 4.85 Å². The third-order valence-corrected chi connectivity index (χ3v) is 4.85. The zero-order chi connectivity index (χ0) is 19.2. The summed E-state index contributed by atoms with van der Waals surface area (Å²) < 4.78 is 70.5. The van der Waals surface area contributed by atoms with Crippen molar-refractivity contribution in [3.8, 4) is 11.5 Å². The lowest BCUT2D eigenvalue weighted by Gasteiger charge is -2.15. The summed E-state index contributed by atoms with van der Waals surface area (Å²) >= 11 is 0. The molecule has 3 N–H and O–H groups in total. The van der Waals surface area contributed by atoms with Crippen LogP contribution in [0.1, 0.15) is 23.4 Å². The smallest absolute Gasteiger partial charge is 0.238 e. The SMILES string of the molecule is [C-]#[N+]c1cc(F)cc(Oc2ccc(S(N)(=O)=O)c3c2[C@@H](F)[C@@H](F)[C@H]3O)c1. The number of benzene rings is 2. The van der Waals surface area contributed by atoms with Crippen molar-refractivity contribution in [2.75, 3.05) is 0 Å². The number of rotatable bonds is 3. The highest BCUT2D eigenvalue weighted by Gasteiger charge is 2.46. The van der Waals surface area contributed by atoms with Crippen molar-refractivity contribution >= 4 is 15.7 Å². The number of nitrogens with zero attached hydrogens (tertiary/aromatic N) is 1. The standard InChI is InChI=1S/C16H11F3N2O4S/c1-21-8-4-7(17)5-9(6-8)25-10-2-3-11(26(20,23)24)13-12(10)14(18)15(19)16(13)22/h2-6,14-16,22H,(H2,20,23,24)/t14-,15-,16+/m1/s1. The molecule has 0 saturated heterocycles. The van der Waals surface area contributed by atoms with Crippen molar-refractivity contribution in [3.63, 3.8) is 0 Å². The van der Waals surface area contributed by atoms with Crippen molar-refractivity contribution in [1.29, 1.82) is 0 Å². The number of sulfonamides is 1. The lowest BCUT2D eigenvalue weighted by molar-refractivity contribution is 0.0454. The minimum atomic E-state index is -4.36. The first kappa shape index (κ1) is 18.2. The molecular weight excluding hydrogens is 373 g/mol. The van der Waals surface area contributed by atoms with E-state index in [1.54, 1.807) is 0 Å². The fraction of sp³-hybridized carbons (Fsp3) is 0.188. The predicted octanol–water partition coefficient (Wildman–Crippen LogP) is 3.21. The van der Waals surface area contributed by atoms with Gasteiger partial charge >= 0.3 is 0 Å². The second-order valence-corrected chi connectivity index (χ2v) is 7.11. The van der Waals surface area contributed by atoms with Crippen LogP contribution in [0.5, 0.6) is 11.5 Å². The van der Waals surface area contributed by atoms with Crippen LogP contribution < -0.4 is 9.88 Å². The molecule has 0 bridgehead atoms. The minimum Gasteiger partial charge on any atom is -0.458 e. The van der Waals surface area contributed by atoms with Crippen molar-refractivity contribution in [2.24, 2.45) is 5.14 Å². The van der Waals surface area contributed by atoms with Gasteiger partial charge in [0.25, 0.3) is 0 Å². The van der Waals surface area contributed by atoms with Gasteiger partial charge in [0.1, 0.15) is 23.4 Å². The van der Waals surface area contributed by atoms with E-state index in [4.69, 9.17) is 16.4 Å². The van der Waals surface area contributed by atoms with Crippen molar-refractivity contribution in [3.05, 3.63) is 58.7 Å². The first-order valence-corrected chi connectivity index (χ1v) is 8.70. The number of aliphatic hydroxyl groups is 1. The van der Waals surface area contributed by atoms with Gasteiger partial charge in [-0.15, -0.1) is 0 Å². The number of alkyl halides is 2. The number of hydrogen-bond donors (Lipinski definition) is 2. The Morgan fingerprint density at radius 2 is 1.88 bits per heavy atom. The summed E-state index contributed by atoms with van der Waals surface area (Å²) in [5, 5.41) is 14.9. The quantitative estimate of drug-likeness (QED) is 0.795. The van der Waals surface area contributed by atoms with Gasteiger partial charge in [0.15, 0.2) is 18.0 Å². The van der Waals surface area contributed by atoms with Gasteiger partial charge in [-0.05, 0) is 24.3 Å². The number of aliphatic hydroxyl groups excluding tert-OH is 1. The molecule has 0 heterocycles. The third-order valence-electron chi connectivity index (χ3n) is 3.88. The van der Waals surface area contributed by atoms with Gasteiger partial charge < -0.3 is 9.84 Å². The average Bonchev–Trinajstić information content (AvgIpc) is 2.79. The monoisotopic (exact) mass is 384 g/mol. The first-order valence-electron chi connectivity index (χ1n) is 7.15. The molecule has 0 aromatic heterocycles. The molecule has 0 aliphatic heterocycles. The molecule has 136 valence electrons. The van der Waals surface area contributed by atoms with Crippen LogP contribution >= 0.6 is 0 Å². The Kier molecular flexibility index (Phi) is 4.39. The zero-order valence-electron chi connectivity index (χ0n) is 12.9. The van der Waals surface area contributed by atoms with Crippen LogP contribution in [-0.2, 0) is 10.0 Å². The Morgan fingerprint density at radius 1 is 1.19 bits per heavy atom. The van der Waals surface area contributed by atoms with E-state index in [1.165, 1.54) is 6.07 Å². The summed E-state index contributed by atoms with van der Waals surface area (Å²) in [4.78, 5) is 2.42. The van der Waals surface area contributed by atoms with Crippen molar-refractivity contribution in [2.45, 2.75) is 23.3 Å². The molecule has 26 heavy (non-hydrogen) atoms. The molecule has 2 aromatic carbocycles. The summed E-state index contributed by atoms with van der Waals surface area (Å²) in [6.45, 7) is 6.90. The maximum absolute atomic E-state index is 14.3. The maximum atomic E-state index is 14.3. The number of hydrogen-bond acceptors (Lipinski definition) is 4. The lowest BCUT2D eigenvalue weighted by Crippen LogP contribution is -2.17. The second kappa shape index (κ2) is 6.28. The molecule has 3 atom stereocenters.